The lowest BCUT2D eigenvalue weighted by atomic mass is 10.0. The Bertz CT molecular complexity index is 366. The van der Waals surface area contributed by atoms with Crippen LogP contribution in [0.2, 0.25) is 0 Å². The number of ketones is 1. The molecule has 0 N–H and O–H groups in total. The molecule has 1 aliphatic rings. The van der Waals surface area contributed by atoms with Crippen molar-refractivity contribution in [3.05, 3.63) is 18.0 Å². The minimum absolute atomic E-state index is 0.00115. The van der Waals surface area contributed by atoms with Gasteiger partial charge in [-0.25, -0.2) is 9.97 Å². The molecule has 2 rings (SSSR count). The molecule has 0 aromatic carbocycles. The maximum atomic E-state index is 11.7. The molecule has 1 saturated heterocycles. The monoisotopic (exact) mass is 219 g/mol. The van der Waals surface area contributed by atoms with E-state index >= 15 is 0 Å². The lowest BCUT2D eigenvalue weighted by Gasteiger charge is -2.14. The minimum atomic E-state index is 0.00115. The first-order valence-corrected chi connectivity index (χ1v) is 5.79. The summed E-state index contributed by atoms with van der Waals surface area (Å²) < 4.78 is 0. The Morgan fingerprint density at radius 1 is 1.25 bits per heavy atom. The van der Waals surface area contributed by atoms with Crippen LogP contribution in [0.25, 0.3) is 0 Å². The molecule has 0 radical (unpaired) electrons. The molecule has 0 amide bonds. The third-order valence-corrected chi connectivity index (χ3v) is 2.84. The second-order valence-corrected chi connectivity index (χ2v) is 4.48. The minimum Gasteiger partial charge on any atom is -0.341 e. The number of Topliss-reactive ketones (excluding diaryl/α,β-unsaturated/α-hetero) is 1. The van der Waals surface area contributed by atoms with Crippen LogP contribution in [0, 0.1) is 5.92 Å². The summed E-state index contributed by atoms with van der Waals surface area (Å²) in [6.07, 6.45) is 5.69. The van der Waals surface area contributed by atoms with Crippen LogP contribution < -0.4 is 4.90 Å². The van der Waals surface area contributed by atoms with Crippen molar-refractivity contribution < 1.29 is 4.79 Å². The van der Waals surface area contributed by atoms with E-state index in [1.54, 1.807) is 12.4 Å². The fourth-order valence-corrected chi connectivity index (χ4v) is 1.86. The van der Waals surface area contributed by atoms with Gasteiger partial charge in [-0.05, 0) is 12.8 Å². The van der Waals surface area contributed by atoms with Crippen molar-refractivity contribution in [2.75, 3.05) is 18.0 Å². The van der Waals surface area contributed by atoms with Crippen LogP contribution in [0.1, 0.15) is 37.0 Å². The number of rotatable bonds is 3. The van der Waals surface area contributed by atoms with Gasteiger partial charge in [0.2, 0.25) is 5.95 Å². The second-order valence-electron chi connectivity index (χ2n) is 4.48. The average Bonchev–Trinajstić information content (AvgIpc) is 2.81. The van der Waals surface area contributed by atoms with E-state index in [-0.39, 0.29) is 11.7 Å². The number of carbonyl (C=O) groups is 1. The Kier molecular flexibility index (Phi) is 3.17. The molecule has 0 aliphatic carbocycles. The van der Waals surface area contributed by atoms with E-state index in [1.807, 2.05) is 13.8 Å². The van der Waals surface area contributed by atoms with Crippen LogP contribution in [0.5, 0.6) is 0 Å². The highest BCUT2D eigenvalue weighted by atomic mass is 16.1. The van der Waals surface area contributed by atoms with Gasteiger partial charge in [0.05, 0.1) is 5.56 Å². The van der Waals surface area contributed by atoms with E-state index in [1.165, 1.54) is 12.8 Å². The third kappa shape index (κ3) is 2.21. The molecular formula is C12H17N3O. The van der Waals surface area contributed by atoms with Gasteiger partial charge in [-0.15, -0.1) is 0 Å². The summed E-state index contributed by atoms with van der Waals surface area (Å²) in [6, 6.07) is 0. The normalized spacial score (nSPS) is 15.8. The van der Waals surface area contributed by atoms with Gasteiger partial charge < -0.3 is 4.90 Å². The Hall–Kier alpha value is -1.45. The summed E-state index contributed by atoms with van der Waals surface area (Å²) in [5.74, 6) is 0.854. The predicted molar refractivity (Wildman–Crippen MR) is 62.6 cm³/mol. The summed E-state index contributed by atoms with van der Waals surface area (Å²) in [5.41, 5.74) is 0.609. The first kappa shape index (κ1) is 11.0. The van der Waals surface area contributed by atoms with Crippen molar-refractivity contribution in [1.82, 2.24) is 9.97 Å². The summed E-state index contributed by atoms with van der Waals surface area (Å²) in [7, 11) is 0. The SMILES string of the molecule is CC(C)C(=O)c1cnc(N2CCCC2)nc1. The van der Waals surface area contributed by atoms with Gasteiger partial charge in [-0.2, -0.15) is 0 Å². The standard InChI is InChI=1S/C12H17N3O/c1-9(2)11(16)10-7-13-12(14-8-10)15-5-3-4-6-15/h7-9H,3-6H2,1-2H3. The molecule has 16 heavy (non-hydrogen) atoms. The van der Waals surface area contributed by atoms with Gasteiger partial charge in [0.15, 0.2) is 5.78 Å². The predicted octanol–water partition coefficient (Wildman–Crippen LogP) is 1.92. The Morgan fingerprint density at radius 2 is 1.81 bits per heavy atom. The van der Waals surface area contributed by atoms with Crippen LogP contribution in [0.15, 0.2) is 12.4 Å². The van der Waals surface area contributed by atoms with Crippen LogP contribution in [-0.4, -0.2) is 28.8 Å². The molecular weight excluding hydrogens is 202 g/mol. The largest absolute Gasteiger partial charge is 0.341 e. The smallest absolute Gasteiger partial charge is 0.225 e. The van der Waals surface area contributed by atoms with E-state index < -0.39 is 0 Å². The van der Waals surface area contributed by atoms with E-state index in [4.69, 9.17) is 0 Å². The fraction of sp³-hybridized carbons (Fsp3) is 0.583. The topological polar surface area (TPSA) is 46.1 Å². The van der Waals surface area contributed by atoms with Crippen molar-refractivity contribution in [2.45, 2.75) is 26.7 Å². The molecule has 1 fully saturated rings. The summed E-state index contributed by atoms with van der Waals surface area (Å²) in [6.45, 7) is 5.82. The van der Waals surface area contributed by atoms with Crippen LogP contribution >= 0.6 is 0 Å². The lowest BCUT2D eigenvalue weighted by Crippen LogP contribution is -2.20. The summed E-state index contributed by atoms with van der Waals surface area (Å²) >= 11 is 0. The first-order chi connectivity index (χ1) is 7.68. The molecule has 0 saturated carbocycles. The Balaban J connectivity index is 2.12. The molecule has 0 bridgehead atoms. The molecule has 0 spiro atoms. The molecule has 4 heteroatoms. The van der Waals surface area contributed by atoms with Gasteiger partial charge in [0.25, 0.3) is 0 Å². The average molecular weight is 219 g/mol. The quantitative estimate of drug-likeness (QED) is 0.729. The van der Waals surface area contributed by atoms with E-state index in [0.717, 1.165) is 19.0 Å². The lowest BCUT2D eigenvalue weighted by molar-refractivity contribution is 0.0938. The highest BCUT2D eigenvalue weighted by molar-refractivity contribution is 5.96. The second kappa shape index (κ2) is 4.60. The number of aromatic nitrogens is 2. The van der Waals surface area contributed by atoms with Gasteiger partial charge >= 0.3 is 0 Å². The number of hydrogen-bond donors (Lipinski definition) is 0. The van der Waals surface area contributed by atoms with Gasteiger partial charge in [0.1, 0.15) is 0 Å². The maximum absolute atomic E-state index is 11.7. The first-order valence-electron chi connectivity index (χ1n) is 5.79. The Morgan fingerprint density at radius 3 is 2.31 bits per heavy atom. The fourth-order valence-electron chi connectivity index (χ4n) is 1.86. The highest BCUT2D eigenvalue weighted by Crippen LogP contribution is 2.15. The van der Waals surface area contributed by atoms with E-state index in [9.17, 15) is 4.79 Å². The van der Waals surface area contributed by atoms with Crippen LogP contribution in [0.3, 0.4) is 0 Å². The van der Waals surface area contributed by atoms with Crippen molar-refractivity contribution >= 4 is 11.7 Å². The van der Waals surface area contributed by atoms with Crippen molar-refractivity contribution in [1.29, 1.82) is 0 Å². The third-order valence-electron chi connectivity index (χ3n) is 2.84. The zero-order valence-corrected chi connectivity index (χ0v) is 9.81. The number of nitrogens with zero attached hydrogens (tertiary/aromatic N) is 3. The van der Waals surface area contributed by atoms with Gasteiger partial charge in [0, 0.05) is 31.4 Å². The molecule has 1 aromatic heterocycles. The zero-order valence-electron chi connectivity index (χ0n) is 9.81. The van der Waals surface area contributed by atoms with Crippen molar-refractivity contribution in [2.24, 2.45) is 5.92 Å². The number of carbonyl (C=O) groups excluding carboxylic acids is 1. The maximum Gasteiger partial charge on any atom is 0.225 e. The molecule has 0 unspecified atom stereocenters. The molecule has 1 aromatic rings. The Labute approximate surface area is 95.7 Å². The van der Waals surface area contributed by atoms with E-state index in [0.29, 0.717) is 5.56 Å². The van der Waals surface area contributed by atoms with Crippen molar-refractivity contribution in [3.8, 4) is 0 Å². The molecule has 2 heterocycles. The molecule has 0 atom stereocenters. The highest BCUT2D eigenvalue weighted by Gasteiger charge is 2.16. The summed E-state index contributed by atoms with van der Waals surface area (Å²) in [5, 5.41) is 0. The number of hydrogen-bond acceptors (Lipinski definition) is 4. The van der Waals surface area contributed by atoms with Gasteiger partial charge in [-0.3, -0.25) is 4.79 Å². The zero-order chi connectivity index (χ0) is 11.5. The molecule has 1 aliphatic heterocycles. The molecule has 4 nitrogen and oxygen atoms in total. The van der Waals surface area contributed by atoms with Crippen molar-refractivity contribution in [3.63, 3.8) is 0 Å². The van der Waals surface area contributed by atoms with Crippen LogP contribution in [0.4, 0.5) is 5.95 Å². The number of anilines is 1. The van der Waals surface area contributed by atoms with Crippen LogP contribution in [-0.2, 0) is 0 Å². The van der Waals surface area contributed by atoms with Gasteiger partial charge in [-0.1, -0.05) is 13.8 Å². The van der Waals surface area contributed by atoms with E-state index in [2.05, 4.69) is 14.9 Å². The molecule has 86 valence electrons. The summed E-state index contributed by atoms with van der Waals surface area (Å²) in [4.78, 5) is 22.4.